The van der Waals surface area contributed by atoms with E-state index in [2.05, 4.69) is 20.8 Å². The van der Waals surface area contributed by atoms with Crippen LogP contribution in [0.5, 0.6) is 0 Å². The minimum atomic E-state index is -0.552. The molecule has 0 aliphatic heterocycles. The van der Waals surface area contributed by atoms with Crippen molar-refractivity contribution in [3.8, 4) is 0 Å². The van der Waals surface area contributed by atoms with E-state index in [9.17, 15) is 0 Å². The first kappa shape index (κ1) is 17.4. The second kappa shape index (κ2) is 16.5. The summed E-state index contributed by atoms with van der Waals surface area (Å²) < 4.78 is 0. The molecule has 0 aromatic carbocycles. The van der Waals surface area contributed by atoms with E-state index in [0.717, 1.165) is 0 Å². The van der Waals surface area contributed by atoms with Gasteiger partial charge in [-0.05, 0) is 0 Å². The third-order valence-corrected chi connectivity index (χ3v) is 9.33. The molecule has 0 amide bonds. The van der Waals surface area contributed by atoms with E-state index in [-0.39, 0.29) is 0 Å². The number of rotatable bonds is 9. The van der Waals surface area contributed by atoms with Crippen molar-refractivity contribution in [2.75, 3.05) is 0 Å². The molecule has 0 aliphatic carbocycles. The molecule has 0 aromatic heterocycles. The average molecular weight is 270 g/mol. The van der Waals surface area contributed by atoms with Crippen LogP contribution >= 0.6 is 0 Å². The third kappa shape index (κ3) is 14.0. The zero-order valence-corrected chi connectivity index (χ0v) is 12.9. The van der Waals surface area contributed by atoms with Gasteiger partial charge in [0.05, 0.1) is 0 Å². The molecular weight excluding hydrogens is 243 g/mol. The maximum absolute atomic E-state index is 6.25. The molecule has 0 spiro atoms. The van der Waals surface area contributed by atoms with Gasteiger partial charge in [0.25, 0.3) is 0 Å². The summed E-state index contributed by atoms with van der Waals surface area (Å²) in [5.74, 6) is 0. The molecule has 89 valence electrons. The van der Waals surface area contributed by atoms with Crippen LogP contribution in [-0.2, 0) is 0 Å². The summed E-state index contributed by atoms with van der Waals surface area (Å²) in [6, 6.07) is 0. The Kier molecular flexibility index (Phi) is 19.1. The molecule has 0 heterocycles. The van der Waals surface area contributed by atoms with Gasteiger partial charge in [0, 0.05) is 0 Å². The maximum atomic E-state index is 6.25. The van der Waals surface area contributed by atoms with Gasteiger partial charge in [-0.1, -0.05) is 0 Å². The quantitative estimate of drug-likeness (QED) is 0.428. The SMILES string of the molecule is CCC[CH2][Ge]([CH2]CCC)[CH2]CCC.[C-]#N. The molecule has 0 saturated carbocycles. The summed E-state index contributed by atoms with van der Waals surface area (Å²) in [4.78, 5) is 0. The summed E-state index contributed by atoms with van der Waals surface area (Å²) in [5, 5.41) is 11.2. The molecule has 0 saturated heterocycles. The number of hydrogen-bond acceptors (Lipinski definition) is 1. The predicted molar refractivity (Wildman–Crippen MR) is 69.9 cm³/mol. The molecule has 0 N–H and O–H groups in total. The van der Waals surface area contributed by atoms with Crippen molar-refractivity contribution >= 4 is 14.3 Å². The standard InChI is InChI=1S/C12H27Ge.CN/c1-4-7-10-13(11-8-5-2)12-9-6-3;1-2/h4-12H2,1-3H3;/q;-1. The van der Waals surface area contributed by atoms with E-state index in [4.69, 9.17) is 11.8 Å². The molecule has 15 heavy (non-hydrogen) atoms. The van der Waals surface area contributed by atoms with Gasteiger partial charge in [-0.25, -0.2) is 0 Å². The smallest absolute Gasteiger partial charge is 0.488 e. The van der Waals surface area contributed by atoms with E-state index in [1.807, 2.05) is 0 Å². The van der Waals surface area contributed by atoms with Crippen LogP contribution in [0.15, 0.2) is 0 Å². The van der Waals surface area contributed by atoms with Gasteiger partial charge in [-0.3, -0.25) is 0 Å². The Labute approximate surface area is 101 Å². The normalized spacial score (nSPS) is 9.73. The predicted octanol–water partition coefficient (Wildman–Crippen LogP) is 4.98. The van der Waals surface area contributed by atoms with Crippen molar-refractivity contribution in [1.82, 2.24) is 0 Å². The van der Waals surface area contributed by atoms with Gasteiger partial charge >= 0.3 is 89.4 Å². The number of hydrogen-bond donors (Lipinski definition) is 0. The Balaban J connectivity index is 0. The molecule has 0 unspecified atom stereocenters. The summed E-state index contributed by atoms with van der Waals surface area (Å²) in [5.41, 5.74) is 0. The Bertz CT molecular complexity index is 104. The van der Waals surface area contributed by atoms with Crippen LogP contribution in [0.2, 0.25) is 15.8 Å². The van der Waals surface area contributed by atoms with E-state index in [1.54, 1.807) is 15.8 Å². The van der Waals surface area contributed by atoms with Crippen LogP contribution in [0.1, 0.15) is 59.3 Å². The summed E-state index contributed by atoms with van der Waals surface area (Å²) in [6.07, 6.45) is 8.78. The van der Waals surface area contributed by atoms with Crippen molar-refractivity contribution < 1.29 is 0 Å². The molecule has 0 bridgehead atoms. The van der Waals surface area contributed by atoms with Crippen LogP contribution in [0, 0.1) is 11.8 Å². The van der Waals surface area contributed by atoms with Crippen molar-refractivity contribution in [3.05, 3.63) is 6.57 Å². The molecule has 0 rings (SSSR count). The maximum Gasteiger partial charge on any atom is -0.488 e. The van der Waals surface area contributed by atoms with Gasteiger partial charge in [-0.15, -0.1) is 0 Å². The second-order valence-corrected chi connectivity index (χ2v) is 10.4. The van der Waals surface area contributed by atoms with Crippen molar-refractivity contribution in [2.24, 2.45) is 0 Å². The van der Waals surface area contributed by atoms with Crippen molar-refractivity contribution in [3.63, 3.8) is 0 Å². The topological polar surface area (TPSA) is 23.8 Å². The molecule has 0 fully saturated rings. The number of nitrogens with zero attached hydrogens (tertiary/aromatic N) is 1. The minimum absolute atomic E-state index is 0.552. The van der Waals surface area contributed by atoms with E-state index in [1.165, 1.54) is 38.5 Å². The Morgan fingerprint density at radius 2 is 1.00 bits per heavy atom. The molecule has 1 nitrogen and oxygen atoms in total. The van der Waals surface area contributed by atoms with E-state index >= 15 is 0 Å². The van der Waals surface area contributed by atoms with E-state index < -0.39 is 14.3 Å². The zero-order chi connectivity index (χ0) is 11.9. The fraction of sp³-hybridized carbons (Fsp3) is 0.923. The van der Waals surface area contributed by atoms with Crippen LogP contribution in [-0.4, -0.2) is 14.3 Å². The fourth-order valence-corrected chi connectivity index (χ4v) is 8.60. The second-order valence-electron chi connectivity index (χ2n) is 4.06. The van der Waals surface area contributed by atoms with Crippen molar-refractivity contribution in [2.45, 2.75) is 75.1 Å². The first-order valence-electron chi connectivity index (χ1n) is 6.41. The molecule has 2 heteroatoms. The van der Waals surface area contributed by atoms with Crippen LogP contribution in [0.3, 0.4) is 0 Å². The molecule has 0 aromatic rings. The first-order valence-corrected chi connectivity index (χ1v) is 10.9. The zero-order valence-electron chi connectivity index (χ0n) is 10.8. The average Bonchev–Trinajstić information content (AvgIpc) is 2.31. The van der Waals surface area contributed by atoms with Crippen LogP contribution < -0.4 is 0 Å². The summed E-state index contributed by atoms with van der Waals surface area (Å²) in [7, 11) is 0. The summed E-state index contributed by atoms with van der Waals surface area (Å²) in [6.45, 7) is 11.7. The molecular formula is C13H27GeN-. The summed E-state index contributed by atoms with van der Waals surface area (Å²) >= 11 is -0.552. The van der Waals surface area contributed by atoms with Crippen molar-refractivity contribution in [1.29, 1.82) is 5.26 Å². The Morgan fingerprint density at radius 1 is 0.733 bits per heavy atom. The Hall–Kier alpha value is 0.0329. The Morgan fingerprint density at radius 3 is 1.20 bits per heavy atom. The third-order valence-electron chi connectivity index (χ3n) is 2.65. The monoisotopic (exact) mass is 271 g/mol. The molecule has 0 atom stereocenters. The first-order chi connectivity index (χ1) is 7.35. The van der Waals surface area contributed by atoms with Gasteiger partial charge in [0.1, 0.15) is 0 Å². The molecule has 0 aliphatic rings. The van der Waals surface area contributed by atoms with Crippen LogP contribution in [0.4, 0.5) is 0 Å². The molecule has 1 radical (unpaired) electrons. The minimum Gasteiger partial charge on any atom is -0.512 e. The largest absolute Gasteiger partial charge is 0.512 e. The van der Waals surface area contributed by atoms with Crippen LogP contribution in [0.25, 0.3) is 0 Å². The van der Waals surface area contributed by atoms with Gasteiger partial charge in [-0.2, -0.15) is 0 Å². The van der Waals surface area contributed by atoms with E-state index in [0.29, 0.717) is 0 Å². The van der Waals surface area contributed by atoms with Gasteiger partial charge in [0.15, 0.2) is 0 Å². The van der Waals surface area contributed by atoms with Gasteiger partial charge in [0.2, 0.25) is 0 Å². The van der Waals surface area contributed by atoms with Gasteiger partial charge < -0.3 is 11.8 Å². The fourth-order valence-electron chi connectivity index (χ4n) is 1.66. The number of unbranched alkanes of at least 4 members (excludes halogenated alkanes) is 3.